The van der Waals surface area contributed by atoms with E-state index in [1.54, 1.807) is 19.1 Å². The highest BCUT2D eigenvalue weighted by Crippen LogP contribution is 2.40. The number of rotatable bonds is 9. The lowest BCUT2D eigenvalue weighted by atomic mass is 10.0. The van der Waals surface area contributed by atoms with Crippen molar-refractivity contribution in [3.63, 3.8) is 0 Å². The number of methoxy groups -OCH3 is 2. The summed E-state index contributed by atoms with van der Waals surface area (Å²) in [5.74, 6) is -1.31. The maximum Gasteiger partial charge on any atom is 0.514 e. The number of nitrogens with two attached hydrogens (primary N) is 2. The van der Waals surface area contributed by atoms with Crippen molar-refractivity contribution in [3.8, 4) is 17.2 Å². The minimum absolute atomic E-state index is 0.0333. The number of hydrogen-bond acceptors (Lipinski definition) is 10. The first-order valence-corrected chi connectivity index (χ1v) is 13.4. The Bertz CT molecular complexity index is 1820. The summed E-state index contributed by atoms with van der Waals surface area (Å²) < 4.78 is 53.8. The van der Waals surface area contributed by atoms with E-state index in [-0.39, 0.29) is 46.6 Å². The molecule has 4 N–H and O–H groups in total. The van der Waals surface area contributed by atoms with Gasteiger partial charge in [-0.1, -0.05) is 6.08 Å². The van der Waals surface area contributed by atoms with E-state index in [0.717, 1.165) is 11.6 Å². The molecule has 0 amide bonds. The van der Waals surface area contributed by atoms with Crippen LogP contribution in [0.3, 0.4) is 0 Å². The minimum atomic E-state index is -1.08. The zero-order valence-electron chi connectivity index (χ0n) is 23.6. The molecule has 2 heterocycles. The van der Waals surface area contributed by atoms with Gasteiger partial charge in [0.2, 0.25) is 11.4 Å². The molecular formula is C30H29F2N5O6. The van der Waals surface area contributed by atoms with Crippen molar-refractivity contribution < 1.29 is 32.5 Å². The molecule has 5 rings (SSSR count). The predicted molar refractivity (Wildman–Crippen MR) is 156 cm³/mol. The van der Waals surface area contributed by atoms with Gasteiger partial charge in [0.25, 0.3) is 0 Å². The van der Waals surface area contributed by atoms with Gasteiger partial charge in [-0.3, -0.25) is 4.79 Å². The number of nitrogen functional groups attached to an aromatic ring is 2. The number of benzene rings is 2. The van der Waals surface area contributed by atoms with Crippen molar-refractivity contribution in [2.24, 2.45) is 0 Å². The fourth-order valence-corrected chi connectivity index (χ4v) is 4.78. The van der Waals surface area contributed by atoms with Gasteiger partial charge in [-0.05, 0) is 49.6 Å². The van der Waals surface area contributed by atoms with E-state index in [2.05, 4.69) is 9.97 Å². The number of hydrogen-bond donors (Lipinski definition) is 2. The van der Waals surface area contributed by atoms with Gasteiger partial charge in [-0.15, -0.1) is 0 Å². The molecule has 2 aromatic heterocycles. The molecule has 0 radical (unpaired) electrons. The molecule has 0 unspecified atom stereocenters. The molecule has 1 aliphatic rings. The fraction of sp³-hybridized carbons (Fsp3) is 0.267. The van der Waals surface area contributed by atoms with Gasteiger partial charge in [0.15, 0.2) is 23.1 Å². The standard InChI is InChI=1S/C30H29F2N5O6/c1-4-42-30(39)43-23-14-37(18-6-7-18)25-20(26(23)38)12-21(31)19(24(25)32)8-5-16-9-15(11-22(40-2)27(16)41-3)10-17-13-35-29(34)36-28(17)33/h5,8-9,11-14,18H,4,6-7,10H2,1-3H3,(H4,33,34,35,36)/b8-5-. The summed E-state index contributed by atoms with van der Waals surface area (Å²) in [6.45, 7) is 1.61. The number of nitrogens with zero attached hydrogens (tertiary/aromatic N) is 3. The molecule has 0 atom stereocenters. The Morgan fingerprint density at radius 3 is 2.53 bits per heavy atom. The molecule has 1 saturated carbocycles. The van der Waals surface area contributed by atoms with Gasteiger partial charge in [0, 0.05) is 35.3 Å². The second-order valence-electron chi connectivity index (χ2n) is 9.80. The van der Waals surface area contributed by atoms with Crippen LogP contribution in [-0.4, -0.2) is 41.5 Å². The van der Waals surface area contributed by atoms with Gasteiger partial charge >= 0.3 is 6.16 Å². The highest BCUT2D eigenvalue weighted by Gasteiger charge is 2.29. The lowest BCUT2D eigenvalue weighted by molar-refractivity contribution is 0.104. The number of anilines is 2. The van der Waals surface area contributed by atoms with E-state index in [9.17, 15) is 9.59 Å². The number of halogens is 2. The van der Waals surface area contributed by atoms with E-state index < -0.39 is 23.2 Å². The van der Waals surface area contributed by atoms with Gasteiger partial charge < -0.3 is 35.0 Å². The Kier molecular flexibility index (Phi) is 8.15. The van der Waals surface area contributed by atoms with Crippen LogP contribution in [0.2, 0.25) is 0 Å². The van der Waals surface area contributed by atoms with Crippen LogP contribution in [-0.2, 0) is 11.2 Å². The normalized spacial score (nSPS) is 13.0. The molecule has 13 heteroatoms. The quantitative estimate of drug-likeness (QED) is 0.203. The first-order valence-electron chi connectivity index (χ1n) is 13.4. The highest BCUT2D eigenvalue weighted by molar-refractivity contribution is 5.86. The zero-order valence-corrected chi connectivity index (χ0v) is 23.6. The number of ether oxygens (including phenoxy) is 4. The van der Waals surface area contributed by atoms with E-state index >= 15 is 8.78 Å². The van der Waals surface area contributed by atoms with Crippen molar-refractivity contribution in [2.75, 3.05) is 32.3 Å². The van der Waals surface area contributed by atoms with Crippen LogP contribution in [0.25, 0.3) is 23.1 Å². The Labute approximate surface area is 244 Å². The summed E-state index contributed by atoms with van der Waals surface area (Å²) in [5, 5.41) is -0.259. The maximum atomic E-state index is 16.1. The monoisotopic (exact) mass is 593 g/mol. The second-order valence-corrected chi connectivity index (χ2v) is 9.80. The third-order valence-electron chi connectivity index (χ3n) is 6.91. The maximum absolute atomic E-state index is 16.1. The fourth-order valence-electron chi connectivity index (χ4n) is 4.78. The van der Waals surface area contributed by atoms with Crippen molar-refractivity contribution in [3.05, 3.63) is 74.7 Å². The van der Waals surface area contributed by atoms with E-state index in [1.807, 2.05) is 0 Å². The van der Waals surface area contributed by atoms with Gasteiger partial charge in [0.1, 0.15) is 11.6 Å². The van der Waals surface area contributed by atoms with Crippen LogP contribution >= 0.6 is 0 Å². The summed E-state index contributed by atoms with van der Waals surface area (Å²) in [7, 11) is 2.91. The second kappa shape index (κ2) is 12.0. The molecule has 43 heavy (non-hydrogen) atoms. The van der Waals surface area contributed by atoms with Crippen LogP contribution < -0.4 is 31.1 Å². The van der Waals surface area contributed by atoms with Crippen molar-refractivity contribution in [2.45, 2.75) is 32.2 Å². The topological polar surface area (TPSA) is 154 Å². The van der Waals surface area contributed by atoms with Crippen LogP contribution in [0, 0.1) is 11.6 Å². The Hall–Kier alpha value is -5.20. The summed E-state index contributed by atoms with van der Waals surface area (Å²) in [5.41, 5.74) is 12.1. The molecule has 0 spiro atoms. The third kappa shape index (κ3) is 5.92. The lowest BCUT2D eigenvalue weighted by Crippen LogP contribution is -2.19. The molecule has 1 aliphatic carbocycles. The molecule has 11 nitrogen and oxygen atoms in total. The molecule has 4 aromatic rings. The lowest BCUT2D eigenvalue weighted by Gasteiger charge is -2.15. The number of carbonyl (C=O) groups excluding carboxylic acids is 1. The molecule has 1 fully saturated rings. The Morgan fingerprint density at radius 1 is 1.12 bits per heavy atom. The molecular weight excluding hydrogens is 564 g/mol. The van der Waals surface area contributed by atoms with Crippen molar-refractivity contribution in [1.82, 2.24) is 14.5 Å². The third-order valence-corrected chi connectivity index (χ3v) is 6.91. The first kappa shape index (κ1) is 29.3. The van der Waals surface area contributed by atoms with E-state index in [0.29, 0.717) is 41.9 Å². The summed E-state index contributed by atoms with van der Waals surface area (Å²) in [6, 6.07) is 4.29. The number of fused-ring (bicyclic) bond motifs is 1. The van der Waals surface area contributed by atoms with Crippen LogP contribution in [0.5, 0.6) is 17.2 Å². The number of pyridine rings is 1. The van der Waals surface area contributed by atoms with Gasteiger partial charge in [0.05, 0.1) is 37.9 Å². The SMILES string of the molecule is CCOC(=O)Oc1cn(C2CC2)c2c(F)c(/C=C\c3cc(Cc4cnc(N)nc4N)cc(OC)c3OC)c(F)cc2c1=O. The molecule has 0 aliphatic heterocycles. The smallest absolute Gasteiger partial charge is 0.493 e. The summed E-state index contributed by atoms with van der Waals surface area (Å²) in [6.07, 6.45) is 6.19. The first-order chi connectivity index (χ1) is 20.6. The van der Waals surface area contributed by atoms with E-state index in [4.69, 9.17) is 30.4 Å². The average molecular weight is 594 g/mol. The van der Waals surface area contributed by atoms with Crippen molar-refractivity contribution in [1.29, 1.82) is 0 Å². The Morgan fingerprint density at radius 2 is 1.88 bits per heavy atom. The summed E-state index contributed by atoms with van der Waals surface area (Å²) in [4.78, 5) is 32.9. The van der Waals surface area contributed by atoms with Crippen LogP contribution in [0.1, 0.15) is 48.1 Å². The van der Waals surface area contributed by atoms with Gasteiger partial charge in [-0.25, -0.2) is 18.6 Å². The predicted octanol–water partition coefficient (Wildman–Crippen LogP) is 4.88. The number of carbonyl (C=O) groups is 1. The average Bonchev–Trinajstić information content (AvgIpc) is 3.81. The van der Waals surface area contributed by atoms with Crippen molar-refractivity contribution >= 4 is 41.0 Å². The molecule has 2 aromatic carbocycles. The summed E-state index contributed by atoms with van der Waals surface area (Å²) >= 11 is 0. The van der Waals surface area contributed by atoms with E-state index in [1.165, 1.54) is 43.3 Å². The molecule has 0 bridgehead atoms. The van der Waals surface area contributed by atoms with Crippen LogP contribution in [0.15, 0.2) is 35.4 Å². The molecule has 0 saturated heterocycles. The van der Waals surface area contributed by atoms with Gasteiger partial charge in [-0.2, -0.15) is 4.98 Å². The number of aromatic nitrogens is 3. The molecule has 224 valence electrons. The highest BCUT2D eigenvalue weighted by atomic mass is 19.1. The zero-order chi connectivity index (χ0) is 30.8. The minimum Gasteiger partial charge on any atom is -0.493 e. The Balaban J connectivity index is 1.59. The largest absolute Gasteiger partial charge is 0.514 e. The van der Waals surface area contributed by atoms with Crippen LogP contribution in [0.4, 0.5) is 25.3 Å².